The van der Waals surface area contributed by atoms with Gasteiger partial charge in [-0.1, -0.05) is 26.8 Å². The third-order valence-corrected chi connectivity index (χ3v) is 2.89. The largest absolute Gasteiger partial charge is 0.493 e. The van der Waals surface area contributed by atoms with Crippen LogP contribution in [0, 0.1) is 5.92 Å². The Balaban J connectivity index is 2.82. The maximum Gasteiger partial charge on any atom is 0.127 e. The Bertz CT molecular complexity index is 422. The second-order valence-electron chi connectivity index (χ2n) is 6.93. The number of hydrogen-bond donors (Lipinski definition) is 1. The molecule has 1 aromatic rings. The summed E-state index contributed by atoms with van der Waals surface area (Å²) in [7, 11) is 0. The fourth-order valence-corrected chi connectivity index (χ4v) is 1.74. The smallest absolute Gasteiger partial charge is 0.127 e. The molecule has 0 unspecified atom stereocenters. The van der Waals surface area contributed by atoms with Gasteiger partial charge in [0.25, 0.3) is 0 Å². The Labute approximate surface area is 130 Å². The molecule has 0 atom stereocenters. The molecule has 1 N–H and O–H groups in total. The Morgan fingerprint density at radius 2 is 1.86 bits per heavy atom. The van der Waals surface area contributed by atoms with Crippen LogP contribution in [0.2, 0.25) is 0 Å². The predicted octanol–water partition coefficient (Wildman–Crippen LogP) is 4.40. The maximum absolute atomic E-state index is 5.96. The van der Waals surface area contributed by atoms with Crippen LogP contribution in [-0.2, 0) is 6.54 Å². The van der Waals surface area contributed by atoms with Crippen LogP contribution < -0.4 is 14.8 Å². The Hall–Kier alpha value is -1.22. The highest BCUT2D eigenvalue weighted by Crippen LogP contribution is 2.26. The van der Waals surface area contributed by atoms with Crippen LogP contribution in [0.15, 0.2) is 18.2 Å². The molecule has 0 aliphatic rings. The van der Waals surface area contributed by atoms with Crippen molar-refractivity contribution in [3.63, 3.8) is 0 Å². The summed E-state index contributed by atoms with van der Waals surface area (Å²) in [6.45, 7) is 15.2. The highest BCUT2D eigenvalue weighted by molar-refractivity contribution is 5.40. The van der Waals surface area contributed by atoms with E-state index in [4.69, 9.17) is 9.47 Å². The van der Waals surface area contributed by atoms with Crippen molar-refractivity contribution < 1.29 is 9.47 Å². The zero-order valence-corrected chi connectivity index (χ0v) is 14.5. The zero-order valence-electron chi connectivity index (χ0n) is 14.5. The van der Waals surface area contributed by atoms with Crippen LogP contribution in [-0.4, -0.2) is 18.8 Å². The molecule has 0 heterocycles. The average molecular weight is 293 g/mol. The van der Waals surface area contributed by atoms with Crippen molar-refractivity contribution in [2.75, 3.05) is 13.2 Å². The molecular weight excluding hydrogens is 262 g/mol. The summed E-state index contributed by atoms with van der Waals surface area (Å²) >= 11 is 0. The molecule has 0 aliphatic heterocycles. The number of hydrogen-bond acceptors (Lipinski definition) is 3. The highest BCUT2D eigenvalue weighted by atomic mass is 16.5. The molecule has 21 heavy (non-hydrogen) atoms. The first-order valence-corrected chi connectivity index (χ1v) is 7.95. The number of rotatable bonds is 8. The summed E-state index contributed by atoms with van der Waals surface area (Å²) < 4.78 is 11.7. The van der Waals surface area contributed by atoms with Gasteiger partial charge < -0.3 is 14.8 Å². The van der Waals surface area contributed by atoms with E-state index < -0.39 is 0 Å². The van der Waals surface area contributed by atoms with Gasteiger partial charge in [-0.15, -0.1) is 0 Å². The van der Waals surface area contributed by atoms with Crippen LogP contribution in [0.4, 0.5) is 0 Å². The normalized spacial score (nSPS) is 11.8. The second-order valence-corrected chi connectivity index (χ2v) is 6.93. The SMILES string of the molecule is CCCOc1ccc(CNC(C)(C)C)c(OCC(C)C)c1. The van der Waals surface area contributed by atoms with E-state index in [1.807, 2.05) is 12.1 Å². The standard InChI is InChI=1S/C18H31NO2/c1-7-10-20-16-9-8-15(12-19-18(4,5)6)17(11-16)21-13-14(2)3/h8-9,11,14,19H,7,10,12-13H2,1-6H3. The Morgan fingerprint density at radius 1 is 1.14 bits per heavy atom. The van der Waals surface area contributed by atoms with Crippen molar-refractivity contribution in [3.8, 4) is 11.5 Å². The minimum absolute atomic E-state index is 0.0900. The molecule has 0 spiro atoms. The van der Waals surface area contributed by atoms with E-state index in [1.54, 1.807) is 0 Å². The third-order valence-electron chi connectivity index (χ3n) is 2.89. The van der Waals surface area contributed by atoms with Gasteiger partial charge in [-0.3, -0.25) is 0 Å². The van der Waals surface area contributed by atoms with Gasteiger partial charge in [-0.25, -0.2) is 0 Å². The fourth-order valence-electron chi connectivity index (χ4n) is 1.74. The minimum atomic E-state index is 0.0900. The van der Waals surface area contributed by atoms with Crippen LogP contribution in [0.1, 0.15) is 53.5 Å². The lowest BCUT2D eigenvalue weighted by Gasteiger charge is -2.22. The molecular formula is C18H31NO2. The van der Waals surface area contributed by atoms with Crippen molar-refractivity contribution in [2.45, 2.75) is 60.0 Å². The van der Waals surface area contributed by atoms with Crippen molar-refractivity contribution >= 4 is 0 Å². The maximum atomic E-state index is 5.96. The summed E-state index contributed by atoms with van der Waals surface area (Å²) in [4.78, 5) is 0. The highest BCUT2D eigenvalue weighted by Gasteiger charge is 2.12. The lowest BCUT2D eigenvalue weighted by molar-refractivity contribution is 0.263. The lowest BCUT2D eigenvalue weighted by Crippen LogP contribution is -2.35. The van der Waals surface area contributed by atoms with Crippen molar-refractivity contribution in [2.24, 2.45) is 5.92 Å². The molecule has 1 rings (SSSR count). The van der Waals surface area contributed by atoms with Gasteiger partial charge in [0, 0.05) is 23.7 Å². The van der Waals surface area contributed by atoms with E-state index in [9.17, 15) is 0 Å². The summed E-state index contributed by atoms with van der Waals surface area (Å²) in [5.41, 5.74) is 1.27. The van der Waals surface area contributed by atoms with Gasteiger partial charge in [0.05, 0.1) is 13.2 Å². The molecule has 3 nitrogen and oxygen atoms in total. The first-order valence-electron chi connectivity index (χ1n) is 7.95. The van der Waals surface area contributed by atoms with Crippen molar-refractivity contribution in [1.82, 2.24) is 5.32 Å². The second kappa shape index (κ2) is 8.28. The van der Waals surface area contributed by atoms with E-state index >= 15 is 0 Å². The van der Waals surface area contributed by atoms with Crippen molar-refractivity contribution in [3.05, 3.63) is 23.8 Å². The van der Waals surface area contributed by atoms with Crippen LogP contribution in [0.25, 0.3) is 0 Å². The molecule has 0 radical (unpaired) electrons. The third kappa shape index (κ3) is 7.37. The average Bonchev–Trinajstić information content (AvgIpc) is 2.40. The summed E-state index contributed by atoms with van der Waals surface area (Å²) in [5, 5.41) is 3.51. The fraction of sp³-hybridized carbons (Fsp3) is 0.667. The first-order chi connectivity index (χ1) is 9.81. The molecule has 0 aliphatic carbocycles. The molecule has 120 valence electrons. The Morgan fingerprint density at radius 3 is 2.43 bits per heavy atom. The van der Waals surface area contributed by atoms with Gasteiger partial charge in [0.15, 0.2) is 0 Å². The molecule has 0 saturated carbocycles. The molecule has 3 heteroatoms. The predicted molar refractivity (Wildman–Crippen MR) is 89.2 cm³/mol. The number of nitrogens with one attached hydrogen (secondary N) is 1. The van der Waals surface area contributed by atoms with Crippen LogP contribution in [0.5, 0.6) is 11.5 Å². The Kier molecular flexibility index (Phi) is 7.03. The van der Waals surface area contributed by atoms with E-state index in [-0.39, 0.29) is 5.54 Å². The van der Waals surface area contributed by atoms with E-state index in [2.05, 4.69) is 52.9 Å². The molecule has 0 amide bonds. The quantitative estimate of drug-likeness (QED) is 0.770. The van der Waals surface area contributed by atoms with Gasteiger partial charge in [-0.2, -0.15) is 0 Å². The monoisotopic (exact) mass is 293 g/mol. The first kappa shape index (κ1) is 17.8. The summed E-state index contributed by atoms with van der Waals surface area (Å²) in [6.07, 6.45) is 1.01. The molecule has 1 aromatic carbocycles. The number of benzene rings is 1. The zero-order chi connectivity index (χ0) is 15.9. The molecule has 0 fully saturated rings. The van der Waals surface area contributed by atoms with Gasteiger partial charge in [0.1, 0.15) is 11.5 Å². The lowest BCUT2D eigenvalue weighted by atomic mass is 10.1. The summed E-state index contributed by atoms with van der Waals surface area (Å²) in [5.74, 6) is 2.32. The van der Waals surface area contributed by atoms with Crippen LogP contribution in [0.3, 0.4) is 0 Å². The van der Waals surface area contributed by atoms with Gasteiger partial charge in [0.2, 0.25) is 0 Å². The molecule has 0 bridgehead atoms. The van der Waals surface area contributed by atoms with E-state index in [0.29, 0.717) is 5.92 Å². The number of ether oxygens (including phenoxy) is 2. The minimum Gasteiger partial charge on any atom is -0.493 e. The van der Waals surface area contributed by atoms with Crippen molar-refractivity contribution in [1.29, 1.82) is 0 Å². The van der Waals surface area contributed by atoms with Gasteiger partial charge in [-0.05, 0) is 39.2 Å². The van der Waals surface area contributed by atoms with E-state index in [0.717, 1.165) is 37.7 Å². The topological polar surface area (TPSA) is 30.5 Å². The van der Waals surface area contributed by atoms with Crippen LogP contribution >= 0.6 is 0 Å². The summed E-state index contributed by atoms with van der Waals surface area (Å²) in [6, 6.07) is 6.13. The molecule has 0 aromatic heterocycles. The van der Waals surface area contributed by atoms with E-state index in [1.165, 1.54) is 5.56 Å². The molecule has 0 saturated heterocycles. The van der Waals surface area contributed by atoms with Gasteiger partial charge >= 0.3 is 0 Å².